The van der Waals surface area contributed by atoms with Gasteiger partial charge in [0, 0.05) is 25.7 Å². The van der Waals surface area contributed by atoms with Crippen LogP contribution in [0.3, 0.4) is 0 Å². The molecule has 0 spiro atoms. The number of non-ortho nitro benzene ring substituents is 1. The summed E-state index contributed by atoms with van der Waals surface area (Å²) in [6, 6.07) is 5.63. The molecule has 1 aromatic rings. The number of carboxylic acids is 1. The van der Waals surface area contributed by atoms with Gasteiger partial charge in [-0.25, -0.2) is 0 Å². The predicted octanol–water partition coefficient (Wildman–Crippen LogP) is 0.217. The Morgan fingerprint density at radius 1 is 1.50 bits per heavy atom. The lowest BCUT2D eigenvalue weighted by Gasteiger charge is -2.34. The molecule has 1 atom stereocenters. The third-order valence-electron chi connectivity index (χ3n) is 3.80. The monoisotopic (exact) mass is 367 g/mol. The van der Waals surface area contributed by atoms with Crippen molar-refractivity contribution < 1.29 is 29.1 Å². The molecule has 0 aliphatic carbocycles. The number of carbonyl (C=O) groups excluding carboxylic acids is 1. The lowest BCUT2D eigenvalue weighted by atomic mass is 10.2. The number of carbonyl (C=O) groups is 2. The highest BCUT2D eigenvalue weighted by molar-refractivity contribution is 5.78. The van der Waals surface area contributed by atoms with Crippen LogP contribution >= 0.6 is 0 Å². The van der Waals surface area contributed by atoms with E-state index in [9.17, 15) is 19.7 Å². The Morgan fingerprint density at radius 3 is 2.96 bits per heavy atom. The minimum absolute atomic E-state index is 0.107. The molecule has 1 aliphatic heterocycles. The van der Waals surface area contributed by atoms with E-state index < -0.39 is 10.9 Å². The number of hydrogen-bond acceptors (Lipinski definition) is 7. The van der Waals surface area contributed by atoms with Crippen molar-refractivity contribution in [1.29, 1.82) is 0 Å². The smallest absolute Gasteiger partial charge is 0.317 e. The number of carboxylic acid groups (broad SMARTS) is 1. The molecule has 0 bridgehead atoms. The number of hydrogen-bond donors (Lipinski definition) is 1. The molecular formula is C16H21N3O7. The minimum Gasteiger partial charge on any atom is -0.484 e. The van der Waals surface area contributed by atoms with E-state index in [0.29, 0.717) is 26.2 Å². The summed E-state index contributed by atoms with van der Waals surface area (Å²) in [7, 11) is 1.67. The molecule has 142 valence electrons. The third-order valence-corrected chi connectivity index (χ3v) is 3.80. The molecule has 10 nitrogen and oxygen atoms in total. The van der Waals surface area contributed by atoms with Gasteiger partial charge in [-0.3, -0.25) is 24.6 Å². The summed E-state index contributed by atoms with van der Waals surface area (Å²) < 4.78 is 10.9. The molecule has 10 heteroatoms. The van der Waals surface area contributed by atoms with Gasteiger partial charge in [-0.1, -0.05) is 6.07 Å². The molecule has 1 saturated heterocycles. The number of benzene rings is 1. The van der Waals surface area contributed by atoms with Crippen molar-refractivity contribution in [3.63, 3.8) is 0 Å². The highest BCUT2D eigenvalue weighted by Gasteiger charge is 2.25. The number of morpholine rings is 1. The highest BCUT2D eigenvalue weighted by atomic mass is 16.6. The average Bonchev–Trinajstić information content (AvgIpc) is 2.59. The second kappa shape index (κ2) is 9.11. The number of aliphatic carboxylic acids is 1. The summed E-state index contributed by atoms with van der Waals surface area (Å²) in [5.74, 6) is -0.939. The van der Waals surface area contributed by atoms with E-state index in [-0.39, 0.29) is 36.6 Å². The maximum absolute atomic E-state index is 12.3. The van der Waals surface area contributed by atoms with E-state index in [1.807, 2.05) is 0 Å². The molecule has 1 aromatic carbocycles. The Labute approximate surface area is 150 Å². The van der Waals surface area contributed by atoms with Crippen LogP contribution < -0.4 is 4.74 Å². The SMILES string of the molecule is CN(CC(=O)O)CC1CN(C(=O)COc2cccc([N+](=O)[O-])c2)CCO1. The summed E-state index contributed by atoms with van der Waals surface area (Å²) >= 11 is 0. The van der Waals surface area contributed by atoms with Crippen molar-refractivity contribution in [3.05, 3.63) is 34.4 Å². The van der Waals surface area contributed by atoms with Gasteiger partial charge in [-0.2, -0.15) is 0 Å². The molecule has 1 aliphatic rings. The number of ether oxygens (including phenoxy) is 2. The van der Waals surface area contributed by atoms with Crippen molar-refractivity contribution >= 4 is 17.6 Å². The average molecular weight is 367 g/mol. The molecule has 1 fully saturated rings. The molecule has 0 radical (unpaired) electrons. The van der Waals surface area contributed by atoms with Crippen molar-refractivity contribution in [2.75, 3.05) is 46.4 Å². The highest BCUT2D eigenvalue weighted by Crippen LogP contribution is 2.19. The van der Waals surface area contributed by atoms with Crippen LogP contribution in [0, 0.1) is 10.1 Å². The van der Waals surface area contributed by atoms with E-state index in [1.165, 1.54) is 18.2 Å². The number of likely N-dealkylation sites (N-methyl/N-ethyl adjacent to an activating group) is 1. The second-order valence-electron chi connectivity index (χ2n) is 5.97. The topological polar surface area (TPSA) is 122 Å². The zero-order chi connectivity index (χ0) is 19.1. The number of nitro groups is 1. The van der Waals surface area contributed by atoms with E-state index in [0.717, 1.165) is 0 Å². The standard InChI is InChI=1S/C16H21N3O7/c1-17(10-16(21)22)8-14-9-18(5-6-25-14)15(20)11-26-13-4-2-3-12(7-13)19(23)24/h2-4,7,14H,5-6,8-11H2,1H3,(H,21,22). The molecule has 1 amide bonds. The van der Waals surface area contributed by atoms with Crippen molar-refractivity contribution in [2.45, 2.75) is 6.10 Å². The Balaban J connectivity index is 1.84. The predicted molar refractivity (Wildman–Crippen MR) is 90.0 cm³/mol. The molecule has 1 heterocycles. The van der Waals surface area contributed by atoms with Crippen LogP contribution in [0.5, 0.6) is 5.75 Å². The lowest BCUT2D eigenvalue weighted by molar-refractivity contribution is -0.384. The summed E-state index contributed by atoms with van der Waals surface area (Å²) in [5, 5.41) is 19.5. The lowest BCUT2D eigenvalue weighted by Crippen LogP contribution is -2.50. The van der Waals surface area contributed by atoms with Crippen LogP contribution in [0.2, 0.25) is 0 Å². The number of nitrogens with zero attached hydrogens (tertiary/aromatic N) is 3. The van der Waals surface area contributed by atoms with Crippen molar-refractivity contribution in [2.24, 2.45) is 0 Å². The van der Waals surface area contributed by atoms with Gasteiger partial charge >= 0.3 is 5.97 Å². The second-order valence-corrected chi connectivity index (χ2v) is 5.97. The Hall–Kier alpha value is -2.72. The summed E-state index contributed by atoms with van der Waals surface area (Å²) in [6.07, 6.45) is -0.283. The first kappa shape index (κ1) is 19.6. The van der Waals surface area contributed by atoms with Crippen LogP contribution in [0.25, 0.3) is 0 Å². The number of amides is 1. The van der Waals surface area contributed by atoms with Gasteiger partial charge in [0.2, 0.25) is 0 Å². The molecule has 1 N–H and O–H groups in total. The first-order chi connectivity index (χ1) is 12.3. The first-order valence-corrected chi connectivity index (χ1v) is 8.02. The first-order valence-electron chi connectivity index (χ1n) is 8.02. The van der Waals surface area contributed by atoms with Gasteiger partial charge in [0.25, 0.3) is 11.6 Å². The minimum atomic E-state index is -0.929. The van der Waals surface area contributed by atoms with Crippen LogP contribution in [0.1, 0.15) is 0 Å². The van der Waals surface area contributed by atoms with Gasteiger partial charge in [-0.05, 0) is 13.1 Å². The molecule has 0 saturated carbocycles. The molecule has 2 rings (SSSR count). The van der Waals surface area contributed by atoms with Gasteiger partial charge in [0.05, 0.1) is 30.2 Å². The van der Waals surface area contributed by atoms with E-state index >= 15 is 0 Å². The third kappa shape index (κ3) is 5.97. The maximum atomic E-state index is 12.3. The molecule has 0 aromatic heterocycles. The largest absolute Gasteiger partial charge is 0.484 e. The van der Waals surface area contributed by atoms with E-state index in [4.69, 9.17) is 14.6 Å². The van der Waals surface area contributed by atoms with Crippen molar-refractivity contribution in [1.82, 2.24) is 9.80 Å². The normalized spacial score (nSPS) is 17.2. The van der Waals surface area contributed by atoms with Crippen LogP contribution in [-0.4, -0.2) is 84.3 Å². The molecular weight excluding hydrogens is 346 g/mol. The van der Waals surface area contributed by atoms with E-state index in [1.54, 1.807) is 22.9 Å². The fourth-order valence-electron chi connectivity index (χ4n) is 2.62. The maximum Gasteiger partial charge on any atom is 0.317 e. The van der Waals surface area contributed by atoms with E-state index in [2.05, 4.69) is 0 Å². The number of nitro benzene ring substituents is 1. The van der Waals surface area contributed by atoms with Crippen molar-refractivity contribution in [3.8, 4) is 5.75 Å². The van der Waals surface area contributed by atoms with Crippen LogP contribution in [-0.2, 0) is 14.3 Å². The zero-order valence-electron chi connectivity index (χ0n) is 14.4. The summed E-state index contributed by atoms with van der Waals surface area (Å²) in [4.78, 5) is 36.4. The van der Waals surface area contributed by atoms with Gasteiger partial charge < -0.3 is 19.5 Å². The van der Waals surface area contributed by atoms with Gasteiger partial charge in [-0.15, -0.1) is 0 Å². The Bertz CT molecular complexity index is 667. The summed E-state index contributed by atoms with van der Waals surface area (Å²) in [5.41, 5.74) is -0.108. The quantitative estimate of drug-likeness (QED) is 0.511. The fourth-order valence-corrected chi connectivity index (χ4v) is 2.62. The van der Waals surface area contributed by atoms with Gasteiger partial charge in [0.15, 0.2) is 6.61 Å². The van der Waals surface area contributed by atoms with Gasteiger partial charge in [0.1, 0.15) is 5.75 Å². The molecule has 1 unspecified atom stereocenters. The van der Waals surface area contributed by atoms with Crippen LogP contribution in [0.15, 0.2) is 24.3 Å². The summed E-state index contributed by atoms with van der Waals surface area (Å²) in [6.45, 7) is 1.15. The van der Waals surface area contributed by atoms with Crippen LogP contribution in [0.4, 0.5) is 5.69 Å². The molecule has 26 heavy (non-hydrogen) atoms. The Morgan fingerprint density at radius 2 is 2.27 bits per heavy atom. The number of rotatable bonds is 8. The fraction of sp³-hybridized carbons (Fsp3) is 0.500. The zero-order valence-corrected chi connectivity index (χ0v) is 14.4. The Kier molecular flexibility index (Phi) is 6.87.